The Morgan fingerprint density at radius 1 is 1.22 bits per heavy atom. The molecule has 0 aromatic rings. The Balaban J connectivity index is 1.58. The highest BCUT2D eigenvalue weighted by atomic mass is 16.2. The zero-order valence-electron chi connectivity index (χ0n) is 11.1. The lowest BCUT2D eigenvalue weighted by atomic mass is 9.97. The summed E-state index contributed by atoms with van der Waals surface area (Å²) in [6.07, 6.45) is 11.3. The zero-order valence-corrected chi connectivity index (χ0v) is 11.1. The first-order valence-corrected chi connectivity index (χ1v) is 7.51. The van der Waals surface area contributed by atoms with Gasteiger partial charge in [0.1, 0.15) is 0 Å². The van der Waals surface area contributed by atoms with E-state index < -0.39 is 0 Å². The number of nitrogens with zero attached hydrogens (tertiary/aromatic N) is 1. The Morgan fingerprint density at radius 2 is 2.00 bits per heavy atom. The van der Waals surface area contributed by atoms with Crippen molar-refractivity contribution in [2.24, 2.45) is 11.8 Å². The summed E-state index contributed by atoms with van der Waals surface area (Å²) in [6, 6.07) is 0.569. The van der Waals surface area contributed by atoms with Gasteiger partial charge in [-0.2, -0.15) is 0 Å². The summed E-state index contributed by atoms with van der Waals surface area (Å²) < 4.78 is 0. The number of piperidine rings is 1. The van der Waals surface area contributed by atoms with Gasteiger partial charge < -0.3 is 10.2 Å². The Kier molecular flexibility index (Phi) is 3.69. The molecule has 1 heterocycles. The molecule has 1 N–H and O–H groups in total. The van der Waals surface area contributed by atoms with Crippen LogP contribution in [0.2, 0.25) is 0 Å². The molecule has 0 radical (unpaired) electrons. The van der Waals surface area contributed by atoms with Crippen LogP contribution in [0.15, 0.2) is 12.2 Å². The molecular formula is C15H24N2O. The fraction of sp³-hybridized carbons (Fsp3) is 0.800. The van der Waals surface area contributed by atoms with E-state index in [9.17, 15) is 4.79 Å². The van der Waals surface area contributed by atoms with E-state index in [0.29, 0.717) is 17.9 Å². The summed E-state index contributed by atoms with van der Waals surface area (Å²) in [4.78, 5) is 14.8. The number of amides is 1. The van der Waals surface area contributed by atoms with E-state index in [-0.39, 0.29) is 5.92 Å². The molecule has 3 rings (SSSR count). The van der Waals surface area contributed by atoms with Crippen LogP contribution in [0.25, 0.3) is 0 Å². The van der Waals surface area contributed by atoms with Gasteiger partial charge in [0.25, 0.3) is 0 Å². The third kappa shape index (κ3) is 2.77. The lowest BCUT2D eigenvalue weighted by Gasteiger charge is -2.32. The fourth-order valence-electron chi connectivity index (χ4n) is 3.22. The molecule has 3 aliphatic rings. The van der Waals surface area contributed by atoms with Gasteiger partial charge in [-0.05, 0) is 57.5 Å². The predicted molar refractivity (Wildman–Crippen MR) is 72.2 cm³/mol. The lowest BCUT2D eigenvalue weighted by molar-refractivity contribution is -0.136. The van der Waals surface area contributed by atoms with Crippen molar-refractivity contribution in [1.29, 1.82) is 0 Å². The zero-order chi connectivity index (χ0) is 12.4. The van der Waals surface area contributed by atoms with Crippen LogP contribution < -0.4 is 5.32 Å². The van der Waals surface area contributed by atoms with Gasteiger partial charge in [0, 0.05) is 18.5 Å². The molecule has 18 heavy (non-hydrogen) atoms. The Labute approximate surface area is 110 Å². The highest BCUT2D eigenvalue weighted by Gasteiger charge is 2.37. The fourth-order valence-corrected chi connectivity index (χ4v) is 3.22. The minimum atomic E-state index is 0.252. The summed E-state index contributed by atoms with van der Waals surface area (Å²) in [7, 11) is 0. The molecule has 3 heteroatoms. The van der Waals surface area contributed by atoms with E-state index in [4.69, 9.17) is 0 Å². The van der Waals surface area contributed by atoms with Crippen molar-refractivity contribution >= 4 is 5.91 Å². The van der Waals surface area contributed by atoms with Crippen molar-refractivity contribution in [3.05, 3.63) is 12.2 Å². The SMILES string of the molecule is O=C(C1CC=CC1)N(CC1CCCNC1)C1CC1. The first kappa shape index (κ1) is 12.2. The quantitative estimate of drug-likeness (QED) is 0.771. The van der Waals surface area contributed by atoms with Gasteiger partial charge in [-0.25, -0.2) is 0 Å². The average molecular weight is 248 g/mol. The molecule has 1 aliphatic heterocycles. The summed E-state index contributed by atoms with van der Waals surface area (Å²) in [5.74, 6) is 1.35. The Morgan fingerprint density at radius 3 is 2.61 bits per heavy atom. The highest BCUT2D eigenvalue weighted by Crippen LogP contribution is 2.32. The second kappa shape index (κ2) is 5.43. The number of rotatable bonds is 4. The van der Waals surface area contributed by atoms with Gasteiger partial charge in [-0.15, -0.1) is 0 Å². The molecule has 2 aliphatic carbocycles. The molecule has 1 saturated heterocycles. The highest BCUT2D eigenvalue weighted by molar-refractivity contribution is 5.80. The van der Waals surface area contributed by atoms with Crippen LogP contribution in [0.3, 0.4) is 0 Å². The third-order valence-corrected chi connectivity index (χ3v) is 4.48. The van der Waals surface area contributed by atoms with Crippen molar-refractivity contribution < 1.29 is 4.79 Å². The number of hydrogen-bond acceptors (Lipinski definition) is 2. The van der Waals surface area contributed by atoms with E-state index in [1.54, 1.807) is 0 Å². The molecule has 0 aromatic heterocycles. The van der Waals surface area contributed by atoms with Crippen LogP contribution in [0.5, 0.6) is 0 Å². The molecule has 3 nitrogen and oxygen atoms in total. The number of nitrogens with one attached hydrogen (secondary N) is 1. The molecule has 0 bridgehead atoms. The number of carbonyl (C=O) groups is 1. The minimum Gasteiger partial charge on any atom is -0.339 e. The molecule has 0 aromatic carbocycles. The lowest BCUT2D eigenvalue weighted by Crippen LogP contribution is -2.44. The van der Waals surface area contributed by atoms with Gasteiger partial charge >= 0.3 is 0 Å². The summed E-state index contributed by atoms with van der Waals surface area (Å²) in [5, 5.41) is 3.46. The molecule has 1 saturated carbocycles. The van der Waals surface area contributed by atoms with Crippen LogP contribution in [-0.2, 0) is 4.79 Å². The average Bonchev–Trinajstić information content (AvgIpc) is 3.10. The molecule has 1 unspecified atom stereocenters. The summed E-state index contributed by atoms with van der Waals surface area (Å²) >= 11 is 0. The minimum absolute atomic E-state index is 0.252. The Hall–Kier alpha value is -0.830. The maximum absolute atomic E-state index is 12.6. The normalized spacial score (nSPS) is 28.6. The van der Waals surface area contributed by atoms with Gasteiger partial charge in [0.2, 0.25) is 5.91 Å². The largest absolute Gasteiger partial charge is 0.339 e. The predicted octanol–water partition coefficient (Wildman–Crippen LogP) is 1.94. The van der Waals surface area contributed by atoms with Crippen molar-refractivity contribution in [2.45, 2.75) is 44.6 Å². The molecule has 2 fully saturated rings. The van der Waals surface area contributed by atoms with Gasteiger partial charge in [-0.1, -0.05) is 12.2 Å². The van der Waals surface area contributed by atoms with Crippen molar-refractivity contribution in [3.8, 4) is 0 Å². The van der Waals surface area contributed by atoms with E-state index in [0.717, 1.165) is 32.5 Å². The first-order chi connectivity index (χ1) is 8.84. The molecule has 0 spiro atoms. The first-order valence-electron chi connectivity index (χ1n) is 7.51. The topological polar surface area (TPSA) is 32.3 Å². The Bertz CT molecular complexity index is 321. The van der Waals surface area contributed by atoms with Crippen molar-refractivity contribution in [2.75, 3.05) is 19.6 Å². The van der Waals surface area contributed by atoms with E-state index in [2.05, 4.69) is 22.4 Å². The van der Waals surface area contributed by atoms with Crippen molar-refractivity contribution in [3.63, 3.8) is 0 Å². The van der Waals surface area contributed by atoms with Crippen LogP contribution in [0.1, 0.15) is 38.5 Å². The number of allylic oxidation sites excluding steroid dienone is 2. The number of carbonyl (C=O) groups excluding carboxylic acids is 1. The van der Waals surface area contributed by atoms with Gasteiger partial charge in [0.05, 0.1) is 0 Å². The van der Waals surface area contributed by atoms with E-state index in [1.807, 2.05) is 0 Å². The van der Waals surface area contributed by atoms with Crippen molar-refractivity contribution in [1.82, 2.24) is 10.2 Å². The van der Waals surface area contributed by atoms with Gasteiger partial charge in [0.15, 0.2) is 0 Å². The van der Waals surface area contributed by atoms with Crippen LogP contribution in [-0.4, -0.2) is 36.5 Å². The van der Waals surface area contributed by atoms with Crippen LogP contribution in [0.4, 0.5) is 0 Å². The smallest absolute Gasteiger partial charge is 0.226 e. The molecule has 1 amide bonds. The second-order valence-electron chi connectivity index (χ2n) is 6.07. The standard InChI is InChI=1S/C15H24N2O/c18-15(13-5-1-2-6-13)17(14-7-8-14)11-12-4-3-9-16-10-12/h1-2,12-14,16H,3-11H2. The maximum atomic E-state index is 12.6. The van der Waals surface area contributed by atoms with Crippen LogP contribution >= 0.6 is 0 Å². The molecule has 100 valence electrons. The third-order valence-electron chi connectivity index (χ3n) is 4.48. The maximum Gasteiger partial charge on any atom is 0.226 e. The summed E-state index contributed by atoms with van der Waals surface area (Å²) in [6.45, 7) is 3.24. The molecular weight excluding hydrogens is 224 g/mol. The van der Waals surface area contributed by atoms with E-state index in [1.165, 1.54) is 25.7 Å². The monoisotopic (exact) mass is 248 g/mol. The van der Waals surface area contributed by atoms with Crippen LogP contribution in [0, 0.1) is 11.8 Å². The van der Waals surface area contributed by atoms with Gasteiger partial charge in [-0.3, -0.25) is 4.79 Å². The second-order valence-corrected chi connectivity index (χ2v) is 6.07. The molecule has 1 atom stereocenters. The summed E-state index contributed by atoms with van der Waals surface area (Å²) in [5.41, 5.74) is 0. The number of hydrogen-bond donors (Lipinski definition) is 1. The van der Waals surface area contributed by atoms with E-state index >= 15 is 0 Å².